The maximum Gasteiger partial charge on any atom is 0.303 e. The van der Waals surface area contributed by atoms with Crippen LogP contribution in [0.4, 0.5) is 0 Å². The van der Waals surface area contributed by atoms with E-state index >= 15 is 0 Å². The van der Waals surface area contributed by atoms with Crippen LogP contribution >= 0.6 is 0 Å². The number of rotatable bonds is 8. The highest BCUT2D eigenvalue weighted by Crippen LogP contribution is 2.04. The lowest BCUT2D eigenvalue weighted by Gasteiger charge is -2.01. The minimum Gasteiger partial charge on any atom is -0.481 e. The van der Waals surface area contributed by atoms with Crippen molar-refractivity contribution in [3.8, 4) is 0 Å². The van der Waals surface area contributed by atoms with Gasteiger partial charge in [-0.15, -0.1) is 0 Å². The third-order valence-electron chi connectivity index (χ3n) is 1.80. The van der Waals surface area contributed by atoms with E-state index < -0.39 is 5.97 Å². The molecule has 0 amide bonds. The van der Waals surface area contributed by atoms with E-state index in [2.05, 4.69) is 13.3 Å². The molecular weight excluding hydrogens is 166 g/mol. The van der Waals surface area contributed by atoms with Crippen LogP contribution < -0.4 is 0 Å². The number of hydrogen-bond acceptors (Lipinski definition) is 2. The van der Waals surface area contributed by atoms with E-state index in [1.807, 2.05) is 0 Å². The van der Waals surface area contributed by atoms with Gasteiger partial charge >= 0.3 is 5.97 Å². The molecule has 2 N–H and O–H groups in total. The van der Waals surface area contributed by atoms with Gasteiger partial charge in [-0.1, -0.05) is 13.3 Å². The Morgan fingerprint density at radius 1 is 1.38 bits per heavy atom. The third kappa shape index (κ3) is 9.05. The molecule has 0 unspecified atom stereocenters. The number of carbonyl (C=O) groups is 1. The largest absolute Gasteiger partial charge is 0.481 e. The number of carboxylic acid groups (broad SMARTS) is 1. The lowest BCUT2D eigenvalue weighted by atomic mass is 10.1. The fraction of sp³-hybridized carbons (Fsp3) is 0.700. The molecule has 0 saturated carbocycles. The molecule has 0 aliphatic heterocycles. The normalized spacial score (nSPS) is 9.92. The molecule has 0 aromatic rings. The summed E-state index contributed by atoms with van der Waals surface area (Å²) in [6, 6.07) is 0. The third-order valence-corrected chi connectivity index (χ3v) is 1.80. The second-order valence-corrected chi connectivity index (χ2v) is 3.11. The maximum absolute atomic E-state index is 10.2. The van der Waals surface area contributed by atoms with Crippen LogP contribution in [0.3, 0.4) is 0 Å². The van der Waals surface area contributed by atoms with Crippen LogP contribution in [-0.4, -0.2) is 16.8 Å². The van der Waals surface area contributed by atoms with Crippen LogP contribution in [0.5, 0.6) is 0 Å². The summed E-state index contributed by atoms with van der Waals surface area (Å²) in [7, 11) is 0. The molecule has 0 heterocycles. The minimum atomic E-state index is -0.744. The Morgan fingerprint density at radius 2 is 2.00 bits per heavy atom. The molecule has 0 atom stereocenters. The SMILES string of the molecule is CC[CH]CC(=N)CCCCC(=O)O. The van der Waals surface area contributed by atoms with Crippen molar-refractivity contribution in [1.82, 2.24) is 0 Å². The Balaban J connectivity index is 3.22. The van der Waals surface area contributed by atoms with Crippen LogP contribution in [0.2, 0.25) is 0 Å². The highest BCUT2D eigenvalue weighted by molar-refractivity contribution is 5.82. The summed E-state index contributed by atoms with van der Waals surface area (Å²) >= 11 is 0. The monoisotopic (exact) mass is 184 g/mol. The van der Waals surface area contributed by atoms with Crippen LogP contribution in [-0.2, 0) is 4.79 Å². The topological polar surface area (TPSA) is 61.2 Å². The molecule has 0 aliphatic rings. The first kappa shape index (κ1) is 12.1. The van der Waals surface area contributed by atoms with Crippen molar-refractivity contribution >= 4 is 11.7 Å². The van der Waals surface area contributed by atoms with Gasteiger partial charge in [0, 0.05) is 12.1 Å². The summed E-state index contributed by atoms with van der Waals surface area (Å²) in [6.45, 7) is 2.05. The standard InChI is InChI=1S/C10H18NO2/c1-2-3-6-9(11)7-4-5-8-10(12)13/h3,11H,2,4-8H2,1H3,(H,12,13). The molecular formula is C10H18NO2. The van der Waals surface area contributed by atoms with Gasteiger partial charge < -0.3 is 10.5 Å². The quantitative estimate of drug-likeness (QED) is 0.450. The van der Waals surface area contributed by atoms with E-state index in [0.717, 1.165) is 25.7 Å². The second-order valence-electron chi connectivity index (χ2n) is 3.11. The lowest BCUT2D eigenvalue weighted by molar-refractivity contribution is -0.137. The van der Waals surface area contributed by atoms with Gasteiger partial charge in [-0.25, -0.2) is 0 Å². The van der Waals surface area contributed by atoms with Crippen LogP contribution in [0.1, 0.15) is 45.4 Å². The molecule has 1 radical (unpaired) electrons. The van der Waals surface area contributed by atoms with Crippen molar-refractivity contribution in [1.29, 1.82) is 5.41 Å². The molecule has 0 aromatic heterocycles. The van der Waals surface area contributed by atoms with E-state index in [1.165, 1.54) is 0 Å². The molecule has 0 saturated heterocycles. The summed E-state index contributed by atoms with van der Waals surface area (Å²) in [5.74, 6) is -0.744. The molecule has 0 bridgehead atoms. The van der Waals surface area contributed by atoms with E-state index in [4.69, 9.17) is 10.5 Å². The highest BCUT2D eigenvalue weighted by Gasteiger charge is 1.99. The van der Waals surface area contributed by atoms with Gasteiger partial charge in [0.25, 0.3) is 0 Å². The van der Waals surface area contributed by atoms with Gasteiger partial charge in [0.15, 0.2) is 0 Å². The van der Waals surface area contributed by atoms with Crippen molar-refractivity contribution in [2.75, 3.05) is 0 Å². The smallest absolute Gasteiger partial charge is 0.303 e. The van der Waals surface area contributed by atoms with Crippen molar-refractivity contribution in [3.63, 3.8) is 0 Å². The van der Waals surface area contributed by atoms with Gasteiger partial charge in [0.05, 0.1) is 0 Å². The molecule has 3 nitrogen and oxygen atoms in total. The summed E-state index contributed by atoms with van der Waals surface area (Å²) in [4.78, 5) is 10.2. The number of nitrogens with one attached hydrogen (secondary N) is 1. The zero-order valence-electron chi connectivity index (χ0n) is 8.18. The number of hydrogen-bond donors (Lipinski definition) is 2. The molecule has 13 heavy (non-hydrogen) atoms. The molecule has 0 spiro atoms. The van der Waals surface area contributed by atoms with Gasteiger partial charge in [-0.05, 0) is 32.1 Å². The lowest BCUT2D eigenvalue weighted by Crippen LogP contribution is -1.98. The Hall–Kier alpha value is -0.860. The Morgan fingerprint density at radius 3 is 2.54 bits per heavy atom. The summed E-state index contributed by atoms with van der Waals surface area (Å²) < 4.78 is 0. The van der Waals surface area contributed by atoms with Crippen molar-refractivity contribution in [3.05, 3.63) is 6.42 Å². The van der Waals surface area contributed by atoms with Crippen molar-refractivity contribution in [2.45, 2.75) is 45.4 Å². The second kappa shape index (κ2) is 7.77. The Kier molecular flexibility index (Phi) is 7.26. The Bertz CT molecular complexity index is 166. The van der Waals surface area contributed by atoms with E-state index in [9.17, 15) is 4.79 Å². The van der Waals surface area contributed by atoms with Crippen LogP contribution in [0, 0.1) is 11.8 Å². The first-order chi connectivity index (χ1) is 6.16. The fourth-order valence-corrected chi connectivity index (χ4v) is 1.04. The fourth-order valence-electron chi connectivity index (χ4n) is 1.04. The highest BCUT2D eigenvalue weighted by atomic mass is 16.4. The number of unbranched alkanes of at least 4 members (excludes halogenated alkanes) is 2. The molecule has 75 valence electrons. The summed E-state index contributed by atoms with van der Waals surface area (Å²) in [6.07, 6.45) is 6.29. The zero-order valence-corrected chi connectivity index (χ0v) is 8.18. The summed E-state index contributed by atoms with van der Waals surface area (Å²) in [5, 5.41) is 15.9. The van der Waals surface area contributed by atoms with E-state index in [0.29, 0.717) is 12.1 Å². The average molecular weight is 184 g/mol. The molecule has 0 aromatic carbocycles. The summed E-state index contributed by atoms with van der Waals surface area (Å²) in [5.41, 5.74) is 0.715. The van der Waals surface area contributed by atoms with Crippen molar-refractivity contribution in [2.24, 2.45) is 0 Å². The van der Waals surface area contributed by atoms with Gasteiger partial charge in [-0.3, -0.25) is 4.79 Å². The zero-order chi connectivity index (χ0) is 10.1. The molecule has 0 fully saturated rings. The predicted octanol–water partition coefficient (Wildman–Crippen LogP) is 2.66. The van der Waals surface area contributed by atoms with Crippen LogP contribution in [0.15, 0.2) is 0 Å². The maximum atomic E-state index is 10.2. The van der Waals surface area contributed by atoms with E-state index in [-0.39, 0.29) is 6.42 Å². The van der Waals surface area contributed by atoms with E-state index in [1.54, 1.807) is 0 Å². The first-order valence-corrected chi connectivity index (χ1v) is 4.76. The van der Waals surface area contributed by atoms with Crippen LogP contribution in [0.25, 0.3) is 0 Å². The van der Waals surface area contributed by atoms with Gasteiger partial charge in [0.2, 0.25) is 0 Å². The number of carboxylic acids is 1. The average Bonchev–Trinajstić information content (AvgIpc) is 2.08. The minimum absolute atomic E-state index is 0.227. The number of aliphatic carboxylic acids is 1. The van der Waals surface area contributed by atoms with Gasteiger partial charge in [0.1, 0.15) is 0 Å². The molecule has 0 rings (SSSR count). The first-order valence-electron chi connectivity index (χ1n) is 4.76. The van der Waals surface area contributed by atoms with Crippen molar-refractivity contribution < 1.29 is 9.90 Å². The van der Waals surface area contributed by atoms with Gasteiger partial charge in [-0.2, -0.15) is 0 Å². The molecule has 3 heteroatoms. The predicted molar refractivity (Wildman–Crippen MR) is 53.0 cm³/mol. The Labute approximate surface area is 79.7 Å². The molecule has 0 aliphatic carbocycles.